The molecule has 1 fully saturated rings. The summed E-state index contributed by atoms with van der Waals surface area (Å²) in [6, 6.07) is 14.3. The molecule has 0 aliphatic carbocycles. The van der Waals surface area contributed by atoms with E-state index in [1.54, 1.807) is 34.1 Å². The predicted molar refractivity (Wildman–Crippen MR) is 118 cm³/mol. The van der Waals surface area contributed by atoms with E-state index in [1.807, 2.05) is 38.1 Å². The number of carbonyl (C=O) groups is 3. The maximum atomic E-state index is 12.8. The molecule has 7 heteroatoms. The maximum absolute atomic E-state index is 12.8. The number of ether oxygens (including phenoxy) is 1. The van der Waals surface area contributed by atoms with Gasteiger partial charge in [0.2, 0.25) is 5.91 Å². The standard InChI is InChI=1S/C24H29N3O4/c1-3-31-21-10-8-19(9-11-21)23(29)25-17-22(28)26-12-5-13-27(15-14-26)24(30)20-7-4-6-18(2)16-20/h4,6-11,16H,3,5,12-15,17H2,1-2H3,(H,25,29). The molecule has 164 valence electrons. The second-order valence-electron chi connectivity index (χ2n) is 7.54. The molecule has 0 unspecified atom stereocenters. The van der Waals surface area contributed by atoms with Crippen molar-refractivity contribution in [3.63, 3.8) is 0 Å². The highest BCUT2D eigenvalue weighted by atomic mass is 16.5. The van der Waals surface area contributed by atoms with E-state index in [0.717, 1.165) is 5.56 Å². The fraction of sp³-hybridized carbons (Fsp3) is 0.375. The molecule has 0 saturated carbocycles. The van der Waals surface area contributed by atoms with Gasteiger partial charge >= 0.3 is 0 Å². The number of nitrogens with zero attached hydrogens (tertiary/aromatic N) is 2. The normalized spacial score (nSPS) is 14.0. The van der Waals surface area contributed by atoms with Crippen LogP contribution < -0.4 is 10.1 Å². The van der Waals surface area contributed by atoms with Gasteiger partial charge in [0.1, 0.15) is 5.75 Å². The number of aryl methyl sites for hydroxylation is 1. The Morgan fingerprint density at radius 1 is 0.935 bits per heavy atom. The lowest BCUT2D eigenvalue weighted by Gasteiger charge is -2.22. The highest BCUT2D eigenvalue weighted by Crippen LogP contribution is 2.13. The van der Waals surface area contributed by atoms with Gasteiger partial charge in [-0.05, 0) is 56.7 Å². The van der Waals surface area contributed by atoms with Gasteiger partial charge in [0.05, 0.1) is 13.2 Å². The lowest BCUT2D eigenvalue weighted by molar-refractivity contribution is -0.129. The summed E-state index contributed by atoms with van der Waals surface area (Å²) in [7, 11) is 0. The van der Waals surface area contributed by atoms with Gasteiger partial charge < -0.3 is 19.9 Å². The molecule has 0 spiro atoms. The molecule has 3 rings (SSSR count). The molecule has 0 aromatic heterocycles. The first-order valence-electron chi connectivity index (χ1n) is 10.6. The Morgan fingerprint density at radius 3 is 2.35 bits per heavy atom. The average Bonchev–Trinajstić information content (AvgIpc) is 3.04. The van der Waals surface area contributed by atoms with Crippen LogP contribution in [0, 0.1) is 6.92 Å². The molecule has 1 aliphatic rings. The predicted octanol–water partition coefficient (Wildman–Crippen LogP) is 2.50. The van der Waals surface area contributed by atoms with Crippen molar-refractivity contribution in [3.8, 4) is 5.75 Å². The molecular weight excluding hydrogens is 394 g/mol. The Balaban J connectivity index is 1.50. The number of rotatable bonds is 6. The monoisotopic (exact) mass is 423 g/mol. The van der Waals surface area contributed by atoms with Gasteiger partial charge in [-0.3, -0.25) is 14.4 Å². The number of benzene rings is 2. The van der Waals surface area contributed by atoms with E-state index in [4.69, 9.17) is 4.74 Å². The molecule has 2 aromatic rings. The van der Waals surface area contributed by atoms with Crippen molar-refractivity contribution in [2.75, 3.05) is 39.3 Å². The van der Waals surface area contributed by atoms with Crippen LogP contribution in [-0.2, 0) is 4.79 Å². The van der Waals surface area contributed by atoms with E-state index < -0.39 is 0 Å². The largest absolute Gasteiger partial charge is 0.494 e. The van der Waals surface area contributed by atoms with Crippen LogP contribution in [0.2, 0.25) is 0 Å². The number of nitrogens with one attached hydrogen (secondary N) is 1. The van der Waals surface area contributed by atoms with Crippen LogP contribution in [-0.4, -0.2) is 66.9 Å². The van der Waals surface area contributed by atoms with Crippen LogP contribution >= 0.6 is 0 Å². The summed E-state index contributed by atoms with van der Waals surface area (Å²) in [5, 5.41) is 2.68. The van der Waals surface area contributed by atoms with Gasteiger partial charge in [-0.15, -0.1) is 0 Å². The average molecular weight is 424 g/mol. The SMILES string of the molecule is CCOc1ccc(C(=O)NCC(=O)N2CCCN(C(=O)c3cccc(C)c3)CC2)cc1. The second-order valence-corrected chi connectivity index (χ2v) is 7.54. The third-order valence-corrected chi connectivity index (χ3v) is 5.23. The van der Waals surface area contributed by atoms with Gasteiger partial charge in [-0.2, -0.15) is 0 Å². The first-order chi connectivity index (χ1) is 15.0. The first-order valence-corrected chi connectivity index (χ1v) is 10.6. The maximum Gasteiger partial charge on any atom is 0.253 e. The molecule has 2 aromatic carbocycles. The molecule has 0 bridgehead atoms. The van der Waals surface area contributed by atoms with Crippen LogP contribution in [0.5, 0.6) is 5.75 Å². The van der Waals surface area contributed by atoms with Crippen molar-refractivity contribution in [2.45, 2.75) is 20.3 Å². The number of carbonyl (C=O) groups excluding carboxylic acids is 3. The molecule has 0 radical (unpaired) electrons. The van der Waals surface area contributed by atoms with Crippen LogP contribution in [0.3, 0.4) is 0 Å². The van der Waals surface area contributed by atoms with Crippen LogP contribution in [0.1, 0.15) is 39.6 Å². The lowest BCUT2D eigenvalue weighted by Crippen LogP contribution is -2.42. The molecule has 1 heterocycles. The Kier molecular flexibility index (Phi) is 7.65. The molecule has 3 amide bonds. The molecule has 1 N–H and O–H groups in total. The van der Waals surface area contributed by atoms with Gasteiger partial charge in [0, 0.05) is 37.3 Å². The van der Waals surface area contributed by atoms with Crippen molar-refractivity contribution in [1.29, 1.82) is 0 Å². The lowest BCUT2D eigenvalue weighted by atomic mass is 10.1. The van der Waals surface area contributed by atoms with Crippen LogP contribution in [0.4, 0.5) is 0 Å². The van der Waals surface area contributed by atoms with Crippen molar-refractivity contribution < 1.29 is 19.1 Å². The van der Waals surface area contributed by atoms with E-state index in [-0.39, 0.29) is 24.3 Å². The number of hydrogen-bond donors (Lipinski definition) is 1. The van der Waals surface area contributed by atoms with Crippen LogP contribution in [0.25, 0.3) is 0 Å². The zero-order chi connectivity index (χ0) is 22.2. The highest BCUT2D eigenvalue weighted by molar-refractivity contribution is 5.96. The topological polar surface area (TPSA) is 79.0 Å². The minimum atomic E-state index is -0.303. The molecule has 1 saturated heterocycles. The molecular formula is C24H29N3O4. The molecule has 0 atom stereocenters. The van der Waals surface area contributed by atoms with E-state index >= 15 is 0 Å². The fourth-order valence-electron chi connectivity index (χ4n) is 3.57. The summed E-state index contributed by atoms with van der Waals surface area (Å²) in [6.45, 7) is 6.45. The second kappa shape index (κ2) is 10.6. The Hall–Kier alpha value is -3.35. The van der Waals surface area contributed by atoms with Crippen molar-refractivity contribution in [1.82, 2.24) is 15.1 Å². The summed E-state index contributed by atoms with van der Waals surface area (Å²) in [5.41, 5.74) is 2.19. The smallest absolute Gasteiger partial charge is 0.253 e. The van der Waals surface area contributed by atoms with E-state index in [2.05, 4.69) is 5.32 Å². The third-order valence-electron chi connectivity index (χ3n) is 5.23. The number of amides is 3. The zero-order valence-electron chi connectivity index (χ0n) is 18.1. The summed E-state index contributed by atoms with van der Waals surface area (Å²) in [6.07, 6.45) is 0.704. The Labute approximate surface area is 183 Å². The molecule has 31 heavy (non-hydrogen) atoms. The number of hydrogen-bond acceptors (Lipinski definition) is 4. The van der Waals surface area contributed by atoms with Gasteiger partial charge in [0.25, 0.3) is 11.8 Å². The minimum Gasteiger partial charge on any atom is -0.494 e. The summed E-state index contributed by atoms with van der Waals surface area (Å²) in [4.78, 5) is 41.2. The first kappa shape index (κ1) is 22.3. The third kappa shape index (κ3) is 6.07. The van der Waals surface area contributed by atoms with Crippen molar-refractivity contribution in [2.24, 2.45) is 0 Å². The zero-order valence-corrected chi connectivity index (χ0v) is 18.1. The van der Waals surface area contributed by atoms with Crippen molar-refractivity contribution >= 4 is 17.7 Å². The summed E-state index contributed by atoms with van der Waals surface area (Å²) < 4.78 is 5.37. The minimum absolute atomic E-state index is 0.0122. The molecule has 1 aliphatic heterocycles. The Bertz CT molecular complexity index is 927. The van der Waals surface area contributed by atoms with Gasteiger partial charge in [0.15, 0.2) is 0 Å². The Morgan fingerprint density at radius 2 is 1.65 bits per heavy atom. The van der Waals surface area contributed by atoms with E-state index in [1.165, 1.54) is 0 Å². The van der Waals surface area contributed by atoms with Gasteiger partial charge in [-0.25, -0.2) is 0 Å². The van der Waals surface area contributed by atoms with E-state index in [0.29, 0.717) is 56.1 Å². The van der Waals surface area contributed by atoms with Crippen LogP contribution in [0.15, 0.2) is 48.5 Å². The molecule has 7 nitrogen and oxygen atoms in total. The van der Waals surface area contributed by atoms with E-state index in [9.17, 15) is 14.4 Å². The fourth-order valence-corrected chi connectivity index (χ4v) is 3.57. The summed E-state index contributed by atoms with van der Waals surface area (Å²) in [5.74, 6) is 0.234. The summed E-state index contributed by atoms with van der Waals surface area (Å²) >= 11 is 0. The quantitative estimate of drug-likeness (QED) is 0.774. The van der Waals surface area contributed by atoms with Crippen molar-refractivity contribution in [3.05, 3.63) is 65.2 Å². The van der Waals surface area contributed by atoms with Gasteiger partial charge in [-0.1, -0.05) is 17.7 Å². The highest BCUT2D eigenvalue weighted by Gasteiger charge is 2.23.